The van der Waals surface area contributed by atoms with Gasteiger partial charge in [-0.3, -0.25) is 4.79 Å². The van der Waals surface area contributed by atoms with Crippen LogP contribution in [0.3, 0.4) is 0 Å². The average molecular weight is 373 g/mol. The predicted molar refractivity (Wildman–Crippen MR) is 102 cm³/mol. The molecule has 0 radical (unpaired) electrons. The number of carboxylic acid groups (broad SMARTS) is 1. The van der Waals surface area contributed by atoms with Crippen LogP contribution >= 0.6 is 11.3 Å². The number of carboxylic acids is 1. The molecule has 0 spiro atoms. The van der Waals surface area contributed by atoms with Gasteiger partial charge in [0.15, 0.2) is 0 Å². The van der Waals surface area contributed by atoms with E-state index in [2.05, 4.69) is 15.3 Å². The summed E-state index contributed by atoms with van der Waals surface area (Å²) in [6.45, 7) is 2.74. The van der Waals surface area contributed by atoms with Gasteiger partial charge in [-0.15, -0.1) is 11.3 Å². The molecule has 136 valence electrons. The lowest BCUT2D eigenvalue weighted by Gasteiger charge is -2.09. The molecule has 0 bridgehead atoms. The summed E-state index contributed by atoms with van der Waals surface area (Å²) in [4.78, 5) is 21.3. The van der Waals surface area contributed by atoms with Gasteiger partial charge < -0.3 is 10.4 Å². The molecule has 1 aromatic carbocycles. The summed E-state index contributed by atoms with van der Waals surface area (Å²) in [5.74, 6) is -0.257. The van der Waals surface area contributed by atoms with Gasteiger partial charge in [0.1, 0.15) is 22.8 Å². The Hall–Kier alpha value is -2.54. The number of rotatable bonds is 8. The number of hydrogen-bond acceptors (Lipinski definition) is 5. The van der Waals surface area contributed by atoms with Crippen molar-refractivity contribution in [3.05, 3.63) is 41.3 Å². The third-order valence-electron chi connectivity index (χ3n) is 4.16. The first-order valence-corrected chi connectivity index (χ1v) is 9.33. The van der Waals surface area contributed by atoms with E-state index in [9.17, 15) is 9.18 Å². The molecule has 2 aromatic heterocycles. The van der Waals surface area contributed by atoms with Crippen molar-refractivity contribution >= 4 is 33.3 Å². The summed E-state index contributed by atoms with van der Waals surface area (Å²) in [5.41, 5.74) is 1.97. The van der Waals surface area contributed by atoms with Crippen LogP contribution in [-0.4, -0.2) is 27.6 Å². The number of halogens is 1. The number of carbonyl (C=O) groups is 1. The highest BCUT2D eigenvalue weighted by Gasteiger charge is 2.16. The quantitative estimate of drug-likeness (QED) is 0.551. The van der Waals surface area contributed by atoms with Crippen LogP contribution in [-0.2, 0) is 4.79 Å². The summed E-state index contributed by atoms with van der Waals surface area (Å²) in [6.07, 6.45) is 4.14. The lowest BCUT2D eigenvalue weighted by Crippen LogP contribution is -2.04. The Morgan fingerprint density at radius 3 is 2.69 bits per heavy atom. The van der Waals surface area contributed by atoms with E-state index in [0.29, 0.717) is 13.0 Å². The van der Waals surface area contributed by atoms with Crippen molar-refractivity contribution in [3.8, 4) is 11.1 Å². The molecule has 0 aliphatic rings. The number of fused-ring (bicyclic) bond motifs is 1. The first-order valence-electron chi connectivity index (χ1n) is 8.52. The molecular weight excluding hydrogens is 353 g/mol. The van der Waals surface area contributed by atoms with Gasteiger partial charge in [0.05, 0.1) is 5.39 Å². The number of benzene rings is 1. The van der Waals surface area contributed by atoms with Crippen molar-refractivity contribution in [2.45, 2.75) is 32.6 Å². The SMILES string of the molecule is Cc1sc2ncnc(NCCCCCC(=O)O)c2c1-c1ccc(F)cc1. The normalized spacial score (nSPS) is 11.0. The molecule has 7 heteroatoms. The Balaban J connectivity index is 1.80. The van der Waals surface area contributed by atoms with Crippen molar-refractivity contribution in [1.29, 1.82) is 0 Å². The minimum atomic E-state index is -0.756. The standard InChI is InChI=1S/C19H20FN3O2S/c1-12-16(13-6-8-14(20)9-7-13)17-18(22-11-23-19(17)26-12)21-10-4-2-3-5-15(24)25/h6-9,11H,2-5,10H2,1H3,(H,24,25)(H,21,22,23). The second-order valence-corrected chi connectivity index (χ2v) is 7.28. The minimum Gasteiger partial charge on any atom is -0.481 e. The summed E-state index contributed by atoms with van der Waals surface area (Å²) in [7, 11) is 0. The van der Waals surface area contributed by atoms with Gasteiger partial charge in [-0.2, -0.15) is 0 Å². The van der Waals surface area contributed by atoms with Crippen LogP contribution in [0, 0.1) is 12.7 Å². The van der Waals surface area contributed by atoms with Gasteiger partial charge in [-0.1, -0.05) is 18.6 Å². The Morgan fingerprint density at radius 1 is 1.19 bits per heavy atom. The second kappa shape index (κ2) is 8.23. The number of nitrogens with one attached hydrogen (secondary N) is 1. The fourth-order valence-corrected chi connectivity index (χ4v) is 3.94. The third kappa shape index (κ3) is 4.16. The molecule has 0 saturated heterocycles. The molecular formula is C19H20FN3O2S. The van der Waals surface area contributed by atoms with Crippen LogP contribution in [0.2, 0.25) is 0 Å². The highest BCUT2D eigenvalue weighted by molar-refractivity contribution is 7.19. The Morgan fingerprint density at radius 2 is 1.96 bits per heavy atom. The number of aliphatic carboxylic acids is 1. The van der Waals surface area contributed by atoms with E-state index >= 15 is 0 Å². The third-order valence-corrected chi connectivity index (χ3v) is 5.17. The second-order valence-electron chi connectivity index (χ2n) is 6.07. The van der Waals surface area contributed by atoms with Gasteiger partial charge in [0.2, 0.25) is 0 Å². The first kappa shape index (κ1) is 18.3. The monoisotopic (exact) mass is 373 g/mol. The molecule has 5 nitrogen and oxygen atoms in total. The van der Waals surface area contributed by atoms with Crippen molar-refractivity contribution in [1.82, 2.24) is 9.97 Å². The van der Waals surface area contributed by atoms with Crippen LogP contribution in [0.4, 0.5) is 10.2 Å². The van der Waals surface area contributed by atoms with Gasteiger partial charge in [-0.25, -0.2) is 14.4 Å². The lowest BCUT2D eigenvalue weighted by molar-refractivity contribution is -0.137. The van der Waals surface area contributed by atoms with Crippen LogP contribution in [0.1, 0.15) is 30.6 Å². The number of nitrogens with zero attached hydrogens (tertiary/aromatic N) is 2. The first-order chi connectivity index (χ1) is 12.6. The van der Waals surface area contributed by atoms with Gasteiger partial charge in [0, 0.05) is 23.4 Å². The Bertz CT molecular complexity index is 909. The number of aromatic nitrogens is 2. The molecule has 26 heavy (non-hydrogen) atoms. The van der Waals surface area contributed by atoms with E-state index < -0.39 is 5.97 Å². The number of anilines is 1. The Kier molecular flexibility index (Phi) is 5.78. The molecule has 0 fully saturated rings. The zero-order valence-electron chi connectivity index (χ0n) is 14.5. The number of unbranched alkanes of at least 4 members (excludes halogenated alkanes) is 2. The Labute approximate surface area is 154 Å². The largest absolute Gasteiger partial charge is 0.481 e. The van der Waals surface area contributed by atoms with Crippen molar-refractivity contribution in [3.63, 3.8) is 0 Å². The van der Waals surface area contributed by atoms with E-state index in [1.807, 2.05) is 6.92 Å². The summed E-state index contributed by atoms with van der Waals surface area (Å²) < 4.78 is 13.3. The number of aryl methyl sites for hydroxylation is 1. The lowest BCUT2D eigenvalue weighted by atomic mass is 10.0. The van der Waals surface area contributed by atoms with Crippen molar-refractivity contribution in [2.24, 2.45) is 0 Å². The fourth-order valence-electron chi connectivity index (χ4n) is 2.93. The van der Waals surface area contributed by atoms with Crippen LogP contribution < -0.4 is 5.32 Å². The smallest absolute Gasteiger partial charge is 0.303 e. The van der Waals surface area contributed by atoms with Crippen LogP contribution in [0.15, 0.2) is 30.6 Å². The predicted octanol–water partition coefficient (Wildman–Crippen LogP) is 4.86. The molecule has 0 amide bonds. The van der Waals surface area contributed by atoms with E-state index in [1.54, 1.807) is 29.8 Å². The molecule has 0 aliphatic carbocycles. The maximum absolute atomic E-state index is 13.3. The maximum Gasteiger partial charge on any atom is 0.303 e. The average Bonchev–Trinajstić information content (AvgIpc) is 2.95. The van der Waals surface area contributed by atoms with E-state index in [4.69, 9.17) is 5.11 Å². The molecule has 2 heterocycles. The molecule has 0 unspecified atom stereocenters. The summed E-state index contributed by atoms with van der Waals surface area (Å²) in [6, 6.07) is 6.45. The topological polar surface area (TPSA) is 75.1 Å². The van der Waals surface area contributed by atoms with Crippen LogP contribution in [0.25, 0.3) is 21.3 Å². The highest BCUT2D eigenvalue weighted by atomic mass is 32.1. The molecule has 3 aromatic rings. The van der Waals surface area contributed by atoms with E-state index in [-0.39, 0.29) is 12.2 Å². The van der Waals surface area contributed by atoms with Gasteiger partial charge >= 0.3 is 5.97 Å². The fraction of sp³-hybridized carbons (Fsp3) is 0.316. The van der Waals surface area contributed by atoms with Crippen molar-refractivity contribution < 1.29 is 14.3 Å². The van der Waals surface area contributed by atoms with E-state index in [0.717, 1.165) is 44.9 Å². The van der Waals surface area contributed by atoms with Gasteiger partial charge in [0.25, 0.3) is 0 Å². The van der Waals surface area contributed by atoms with Gasteiger partial charge in [-0.05, 0) is 37.5 Å². The molecule has 0 aliphatic heterocycles. The van der Waals surface area contributed by atoms with E-state index in [1.165, 1.54) is 12.1 Å². The molecule has 0 saturated carbocycles. The summed E-state index contributed by atoms with van der Waals surface area (Å²) >= 11 is 1.59. The van der Waals surface area contributed by atoms with Crippen LogP contribution in [0.5, 0.6) is 0 Å². The highest BCUT2D eigenvalue weighted by Crippen LogP contribution is 2.40. The maximum atomic E-state index is 13.3. The number of thiophene rings is 1. The molecule has 2 N–H and O–H groups in total. The van der Waals surface area contributed by atoms with Crippen molar-refractivity contribution in [2.75, 3.05) is 11.9 Å². The summed E-state index contributed by atoms with van der Waals surface area (Å²) in [5, 5.41) is 13.0. The zero-order valence-corrected chi connectivity index (χ0v) is 15.3. The minimum absolute atomic E-state index is 0.205. The zero-order chi connectivity index (χ0) is 18.5. The molecule has 3 rings (SSSR count). The number of hydrogen-bond donors (Lipinski definition) is 2. The molecule has 0 atom stereocenters.